The highest BCUT2D eigenvalue weighted by atomic mass is 35.5. The Hall–Kier alpha value is 0.0300. The number of thioether (sulfide) groups is 1. The number of amides is 1. The minimum Gasteiger partial charge on any atom is -0.396 e. The fraction of sp³-hybridized carbons (Fsp3) is 0.917. The van der Waals surface area contributed by atoms with Gasteiger partial charge in [-0.2, -0.15) is 0 Å². The molecule has 18 heavy (non-hydrogen) atoms. The van der Waals surface area contributed by atoms with E-state index >= 15 is 0 Å². The second-order valence-electron chi connectivity index (χ2n) is 4.67. The van der Waals surface area contributed by atoms with Crippen LogP contribution in [0, 0.1) is 5.41 Å². The second kappa shape index (κ2) is 9.02. The Morgan fingerprint density at radius 1 is 1.50 bits per heavy atom. The third-order valence-corrected chi connectivity index (χ3v) is 4.75. The second-order valence-corrected chi connectivity index (χ2v) is 5.70. The lowest BCUT2D eigenvalue weighted by atomic mass is 9.79. The summed E-state index contributed by atoms with van der Waals surface area (Å²) >= 11 is 1.75. The molecule has 1 rings (SSSR count). The van der Waals surface area contributed by atoms with Gasteiger partial charge in [-0.25, -0.2) is 0 Å². The number of aliphatic hydroxyl groups excluding tert-OH is 1. The van der Waals surface area contributed by atoms with Crippen molar-refractivity contribution < 1.29 is 9.90 Å². The SMILES string of the molecule is CCC(CC)(CCO)CNC(=O)[C@H]1CSCN1.Cl. The van der Waals surface area contributed by atoms with Crippen LogP contribution >= 0.6 is 24.2 Å². The number of rotatable bonds is 7. The smallest absolute Gasteiger partial charge is 0.238 e. The Bertz CT molecular complexity index is 244. The third kappa shape index (κ3) is 4.96. The molecule has 1 heterocycles. The van der Waals surface area contributed by atoms with E-state index in [0.29, 0.717) is 6.54 Å². The zero-order chi connectivity index (χ0) is 12.7. The molecule has 0 saturated carbocycles. The molecule has 1 fully saturated rings. The predicted octanol–water partition coefficient (Wildman–Crippen LogP) is 1.38. The number of hydrogen-bond donors (Lipinski definition) is 3. The van der Waals surface area contributed by atoms with Crippen molar-refractivity contribution in [3.05, 3.63) is 0 Å². The highest BCUT2D eigenvalue weighted by molar-refractivity contribution is 7.99. The highest BCUT2D eigenvalue weighted by Gasteiger charge is 2.28. The van der Waals surface area contributed by atoms with Crippen molar-refractivity contribution >= 4 is 30.1 Å². The molecule has 0 radical (unpaired) electrons. The quantitative estimate of drug-likeness (QED) is 0.664. The molecule has 1 saturated heterocycles. The van der Waals surface area contributed by atoms with Gasteiger partial charge in [-0.3, -0.25) is 10.1 Å². The van der Waals surface area contributed by atoms with Crippen LogP contribution in [0.3, 0.4) is 0 Å². The number of carbonyl (C=O) groups is 1. The zero-order valence-electron chi connectivity index (χ0n) is 11.2. The summed E-state index contributed by atoms with van der Waals surface area (Å²) in [6, 6.07) is -0.0412. The largest absolute Gasteiger partial charge is 0.396 e. The van der Waals surface area contributed by atoms with E-state index in [-0.39, 0.29) is 36.4 Å². The van der Waals surface area contributed by atoms with E-state index in [1.807, 2.05) is 0 Å². The lowest BCUT2D eigenvalue weighted by Gasteiger charge is -2.31. The van der Waals surface area contributed by atoms with Crippen LogP contribution in [0.15, 0.2) is 0 Å². The first-order chi connectivity index (χ1) is 8.17. The highest BCUT2D eigenvalue weighted by Crippen LogP contribution is 2.29. The Labute approximate surface area is 120 Å². The first-order valence-corrected chi connectivity index (χ1v) is 7.52. The first kappa shape index (κ1) is 18.0. The summed E-state index contributed by atoms with van der Waals surface area (Å²) < 4.78 is 0. The van der Waals surface area contributed by atoms with Gasteiger partial charge >= 0.3 is 0 Å². The molecule has 1 aliphatic heterocycles. The molecule has 0 aromatic carbocycles. The van der Waals surface area contributed by atoms with Gasteiger partial charge in [0.2, 0.25) is 5.91 Å². The molecule has 108 valence electrons. The molecule has 0 aromatic heterocycles. The summed E-state index contributed by atoms with van der Waals surface area (Å²) in [7, 11) is 0. The molecule has 0 bridgehead atoms. The van der Waals surface area contributed by atoms with Crippen molar-refractivity contribution in [3.63, 3.8) is 0 Å². The van der Waals surface area contributed by atoms with Gasteiger partial charge < -0.3 is 10.4 Å². The molecule has 1 aliphatic rings. The van der Waals surface area contributed by atoms with E-state index in [0.717, 1.165) is 30.9 Å². The summed E-state index contributed by atoms with van der Waals surface area (Å²) in [6.07, 6.45) is 2.72. The van der Waals surface area contributed by atoms with E-state index in [4.69, 9.17) is 5.11 Å². The van der Waals surface area contributed by atoms with Gasteiger partial charge in [-0.05, 0) is 24.7 Å². The maximum Gasteiger partial charge on any atom is 0.238 e. The zero-order valence-corrected chi connectivity index (χ0v) is 12.8. The van der Waals surface area contributed by atoms with Crippen LogP contribution in [-0.4, -0.2) is 41.8 Å². The maximum atomic E-state index is 11.9. The molecule has 0 spiro atoms. The third-order valence-electron chi connectivity index (χ3n) is 3.81. The summed E-state index contributed by atoms with van der Waals surface area (Å²) in [5, 5.41) is 15.3. The van der Waals surface area contributed by atoms with Crippen LogP contribution in [0.5, 0.6) is 0 Å². The number of nitrogens with one attached hydrogen (secondary N) is 2. The molecular weight excluding hydrogens is 272 g/mol. The maximum absolute atomic E-state index is 11.9. The van der Waals surface area contributed by atoms with Gasteiger partial charge in [0.15, 0.2) is 0 Å². The number of hydrogen-bond acceptors (Lipinski definition) is 4. The van der Waals surface area contributed by atoms with Crippen LogP contribution in [-0.2, 0) is 4.79 Å². The molecule has 6 heteroatoms. The monoisotopic (exact) mass is 296 g/mol. The molecule has 0 aliphatic carbocycles. The van der Waals surface area contributed by atoms with Crippen molar-refractivity contribution in [2.75, 3.05) is 24.8 Å². The lowest BCUT2D eigenvalue weighted by Crippen LogP contribution is -2.46. The van der Waals surface area contributed by atoms with Gasteiger partial charge in [0.1, 0.15) is 0 Å². The van der Waals surface area contributed by atoms with Gasteiger partial charge in [0.05, 0.1) is 6.04 Å². The average molecular weight is 297 g/mol. The normalized spacial score (nSPS) is 19.4. The molecule has 0 unspecified atom stereocenters. The minimum atomic E-state index is -0.0412. The van der Waals surface area contributed by atoms with E-state index in [1.165, 1.54) is 0 Å². The molecule has 0 aromatic rings. The molecule has 3 N–H and O–H groups in total. The summed E-state index contributed by atoms with van der Waals surface area (Å²) in [4.78, 5) is 11.9. The summed E-state index contributed by atoms with van der Waals surface area (Å²) in [6.45, 7) is 5.10. The fourth-order valence-electron chi connectivity index (χ4n) is 2.14. The van der Waals surface area contributed by atoms with Gasteiger partial charge in [-0.1, -0.05) is 13.8 Å². The van der Waals surface area contributed by atoms with Crippen molar-refractivity contribution in [1.82, 2.24) is 10.6 Å². The van der Waals surface area contributed by atoms with E-state index in [1.54, 1.807) is 11.8 Å². The van der Waals surface area contributed by atoms with E-state index in [2.05, 4.69) is 24.5 Å². The predicted molar refractivity (Wildman–Crippen MR) is 79.2 cm³/mol. The van der Waals surface area contributed by atoms with Crippen LogP contribution in [0.1, 0.15) is 33.1 Å². The first-order valence-electron chi connectivity index (χ1n) is 6.37. The summed E-state index contributed by atoms with van der Waals surface area (Å²) in [5.74, 6) is 1.82. The van der Waals surface area contributed by atoms with Crippen molar-refractivity contribution in [2.24, 2.45) is 5.41 Å². The van der Waals surface area contributed by atoms with E-state index in [9.17, 15) is 4.79 Å². The number of halogens is 1. The van der Waals surface area contributed by atoms with Crippen LogP contribution in [0.4, 0.5) is 0 Å². The molecule has 4 nitrogen and oxygen atoms in total. The van der Waals surface area contributed by atoms with Crippen LogP contribution in [0.25, 0.3) is 0 Å². The lowest BCUT2D eigenvalue weighted by molar-refractivity contribution is -0.123. The van der Waals surface area contributed by atoms with Crippen LogP contribution in [0.2, 0.25) is 0 Å². The minimum absolute atomic E-state index is 0. The Morgan fingerprint density at radius 3 is 2.61 bits per heavy atom. The van der Waals surface area contributed by atoms with Gasteiger partial charge in [0.25, 0.3) is 0 Å². The number of carbonyl (C=O) groups excluding carboxylic acids is 1. The molecular formula is C12H25ClN2O2S. The Kier molecular flexibility index (Phi) is 9.03. The number of aliphatic hydroxyl groups is 1. The van der Waals surface area contributed by atoms with Gasteiger partial charge in [0, 0.05) is 24.8 Å². The fourth-order valence-corrected chi connectivity index (χ4v) is 3.08. The topological polar surface area (TPSA) is 61.4 Å². The average Bonchev–Trinajstić information content (AvgIpc) is 2.88. The van der Waals surface area contributed by atoms with Crippen molar-refractivity contribution in [2.45, 2.75) is 39.2 Å². The summed E-state index contributed by atoms with van der Waals surface area (Å²) in [5.41, 5.74) is 0.0517. The standard InChI is InChI=1S/C12H24N2O2S.ClH/c1-3-12(4-2,5-6-15)8-13-11(16)10-7-17-9-14-10;/h10,14-15H,3-9H2,1-2H3,(H,13,16);1H/t10-;/m1./s1. The molecule has 1 atom stereocenters. The Balaban J connectivity index is 0.00000289. The Morgan fingerprint density at radius 2 is 2.17 bits per heavy atom. The van der Waals surface area contributed by atoms with Gasteiger partial charge in [-0.15, -0.1) is 24.2 Å². The molecule has 1 amide bonds. The van der Waals surface area contributed by atoms with E-state index < -0.39 is 0 Å². The van der Waals surface area contributed by atoms with Crippen LogP contribution < -0.4 is 10.6 Å². The van der Waals surface area contributed by atoms with Crippen molar-refractivity contribution in [1.29, 1.82) is 0 Å². The van der Waals surface area contributed by atoms with Crippen molar-refractivity contribution in [3.8, 4) is 0 Å².